The van der Waals surface area contributed by atoms with E-state index in [2.05, 4.69) is 49.9 Å². The van der Waals surface area contributed by atoms with Gasteiger partial charge in [0, 0.05) is 18.8 Å². The third-order valence-corrected chi connectivity index (χ3v) is 5.53. The molecule has 1 atom stereocenters. The van der Waals surface area contributed by atoms with E-state index in [0.29, 0.717) is 5.41 Å². The molecular weight excluding hydrogens is 274 g/mol. The molecule has 0 saturated carbocycles. The maximum absolute atomic E-state index is 4.73. The van der Waals surface area contributed by atoms with Crippen LogP contribution in [0.5, 0.6) is 0 Å². The van der Waals surface area contributed by atoms with E-state index >= 15 is 0 Å². The van der Waals surface area contributed by atoms with Gasteiger partial charge in [-0.15, -0.1) is 0 Å². The summed E-state index contributed by atoms with van der Waals surface area (Å²) in [6.45, 7) is 9.35. The lowest BCUT2D eigenvalue weighted by molar-refractivity contribution is 0.272. The first-order valence-electron chi connectivity index (χ1n) is 8.58. The summed E-state index contributed by atoms with van der Waals surface area (Å²) in [5.41, 5.74) is 3.36. The highest BCUT2D eigenvalue weighted by molar-refractivity contribution is 7.80. The number of rotatable bonds is 7. The van der Waals surface area contributed by atoms with Gasteiger partial charge in [0.2, 0.25) is 0 Å². The number of thiol groups is 1. The maximum Gasteiger partial charge on any atom is 0.0399 e. The van der Waals surface area contributed by atoms with Gasteiger partial charge in [0.15, 0.2) is 0 Å². The smallest absolute Gasteiger partial charge is 0.0399 e. The van der Waals surface area contributed by atoms with Crippen LogP contribution in [0.4, 0.5) is 5.69 Å². The second-order valence-electron chi connectivity index (χ2n) is 6.98. The van der Waals surface area contributed by atoms with Crippen molar-refractivity contribution in [3.05, 3.63) is 29.8 Å². The Hall–Kier alpha value is -0.630. The van der Waals surface area contributed by atoms with Gasteiger partial charge in [0.25, 0.3) is 0 Å². The Kier molecular flexibility index (Phi) is 6.04. The molecule has 2 rings (SSSR count). The quantitative estimate of drug-likeness (QED) is 0.677. The van der Waals surface area contributed by atoms with Crippen molar-refractivity contribution >= 4 is 18.3 Å². The number of anilines is 1. The zero-order valence-corrected chi connectivity index (χ0v) is 14.8. The molecule has 0 bridgehead atoms. The Morgan fingerprint density at radius 3 is 2.48 bits per heavy atom. The first-order valence-corrected chi connectivity index (χ1v) is 9.21. The Balaban J connectivity index is 2.24. The van der Waals surface area contributed by atoms with E-state index in [4.69, 9.17) is 12.6 Å². The van der Waals surface area contributed by atoms with E-state index in [-0.39, 0.29) is 0 Å². The molecule has 2 heteroatoms. The van der Waals surface area contributed by atoms with Gasteiger partial charge in [0.1, 0.15) is 0 Å². The molecule has 0 spiro atoms. The molecule has 1 aromatic carbocycles. The van der Waals surface area contributed by atoms with Crippen LogP contribution >= 0.6 is 12.6 Å². The van der Waals surface area contributed by atoms with Gasteiger partial charge in [-0.1, -0.05) is 51.8 Å². The highest BCUT2D eigenvalue weighted by Gasteiger charge is 2.32. The monoisotopic (exact) mass is 305 g/mol. The topological polar surface area (TPSA) is 3.24 Å². The Morgan fingerprint density at radius 2 is 1.86 bits per heavy atom. The first-order chi connectivity index (χ1) is 10.1. The van der Waals surface area contributed by atoms with Gasteiger partial charge in [0.05, 0.1) is 0 Å². The molecule has 1 aliphatic rings. The number of hydrogen-bond donors (Lipinski definition) is 1. The van der Waals surface area contributed by atoms with E-state index in [1.54, 1.807) is 0 Å². The van der Waals surface area contributed by atoms with Crippen LogP contribution < -0.4 is 4.90 Å². The molecule has 118 valence electrons. The first kappa shape index (κ1) is 16.7. The fraction of sp³-hybridized carbons (Fsp3) is 0.684. The fourth-order valence-corrected chi connectivity index (χ4v) is 4.43. The normalized spacial score (nSPS) is 18.7. The van der Waals surface area contributed by atoms with Gasteiger partial charge in [-0.05, 0) is 48.0 Å². The summed E-state index contributed by atoms with van der Waals surface area (Å²) in [5.74, 6) is 1.75. The Labute approximate surface area is 136 Å². The van der Waals surface area contributed by atoms with Crippen LogP contribution in [-0.4, -0.2) is 18.8 Å². The molecule has 21 heavy (non-hydrogen) atoms. The van der Waals surface area contributed by atoms with Crippen molar-refractivity contribution in [3.63, 3.8) is 0 Å². The predicted molar refractivity (Wildman–Crippen MR) is 97.6 cm³/mol. The molecule has 0 aliphatic carbocycles. The molecule has 1 aliphatic heterocycles. The molecule has 0 amide bonds. The van der Waals surface area contributed by atoms with E-state index in [1.807, 2.05) is 0 Å². The summed E-state index contributed by atoms with van der Waals surface area (Å²) in [4.78, 5) is 2.64. The second-order valence-corrected chi connectivity index (χ2v) is 7.29. The lowest BCUT2D eigenvalue weighted by Gasteiger charge is -2.42. The fourth-order valence-electron chi connectivity index (χ4n) is 4.01. The largest absolute Gasteiger partial charge is 0.370 e. The van der Waals surface area contributed by atoms with Crippen LogP contribution in [0, 0.1) is 11.3 Å². The van der Waals surface area contributed by atoms with Crippen LogP contribution in [0.25, 0.3) is 0 Å². The highest BCUT2D eigenvalue weighted by atomic mass is 32.1. The van der Waals surface area contributed by atoms with Gasteiger partial charge in [-0.25, -0.2) is 0 Å². The second kappa shape index (κ2) is 7.58. The summed E-state index contributed by atoms with van der Waals surface area (Å²) in [6, 6.07) is 8.98. The third kappa shape index (κ3) is 3.97. The van der Waals surface area contributed by atoms with Gasteiger partial charge in [-0.2, -0.15) is 12.6 Å². The summed E-state index contributed by atoms with van der Waals surface area (Å²) in [7, 11) is 0. The molecule has 1 nitrogen and oxygen atoms in total. The van der Waals surface area contributed by atoms with Crippen molar-refractivity contribution in [1.29, 1.82) is 0 Å². The van der Waals surface area contributed by atoms with Crippen LogP contribution in [0.2, 0.25) is 0 Å². The van der Waals surface area contributed by atoms with E-state index in [1.165, 1.54) is 56.4 Å². The minimum absolute atomic E-state index is 0.372. The van der Waals surface area contributed by atoms with Crippen LogP contribution in [0.15, 0.2) is 24.3 Å². The predicted octanol–water partition coefficient (Wildman–Crippen LogP) is 5.20. The van der Waals surface area contributed by atoms with Gasteiger partial charge >= 0.3 is 0 Å². The van der Waals surface area contributed by atoms with Crippen LogP contribution in [-0.2, 0) is 6.42 Å². The van der Waals surface area contributed by atoms with Crippen molar-refractivity contribution < 1.29 is 0 Å². The number of fused-ring (bicyclic) bond motifs is 1. The molecule has 0 fully saturated rings. The van der Waals surface area contributed by atoms with E-state index in [9.17, 15) is 0 Å². The van der Waals surface area contributed by atoms with E-state index < -0.39 is 0 Å². The number of hydrogen-bond acceptors (Lipinski definition) is 2. The number of benzene rings is 1. The average Bonchev–Trinajstić information content (AvgIpc) is 2.47. The van der Waals surface area contributed by atoms with Crippen molar-refractivity contribution in [2.24, 2.45) is 11.3 Å². The molecule has 1 unspecified atom stereocenters. The lowest BCUT2D eigenvalue weighted by Crippen LogP contribution is -2.43. The zero-order chi connectivity index (χ0) is 15.3. The Morgan fingerprint density at radius 1 is 1.19 bits per heavy atom. The van der Waals surface area contributed by atoms with Crippen molar-refractivity contribution in [2.45, 2.75) is 52.9 Å². The maximum atomic E-state index is 4.73. The molecule has 1 aromatic rings. The minimum Gasteiger partial charge on any atom is -0.370 e. The zero-order valence-electron chi connectivity index (χ0n) is 13.9. The summed E-state index contributed by atoms with van der Waals surface area (Å²) in [5, 5.41) is 0. The third-order valence-electron chi connectivity index (χ3n) is 4.86. The Bertz CT molecular complexity index is 437. The average molecular weight is 306 g/mol. The van der Waals surface area contributed by atoms with Crippen molar-refractivity contribution in [2.75, 3.05) is 23.7 Å². The SMILES string of the molecule is CCCC(CS)(CCC)CN1CC(C)Cc2ccccc21. The number of nitrogens with zero attached hydrogens (tertiary/aromatic N) is 1. The molecular formula is C19H31NS. The van der Waals surface area contributed by atoms with Crippen LogP contribution in [0.1, 0.15) is 52.0 Å². The standard InChI is InChI=1S/C19H31NS/c1-4-10-19(15-21,11-5-2)14-20-13-16(3)12-17-8-6-7-9-18(17)20/h6-9,16,21H,4-5,10-15H2,1-3H3. The van der Waals surface area contributed by atoms with E-state index in [0.717, 1.165) is 11.7 Å². The number of para-hydroxylation sites is 1. The van der Waals surface area contributed by atoms with Gasteiger partial charge in [-0.3, -0.25) is 0 Å². The van der Waals surface area contributed by atoms with Crippen molar-refractivity contribution in [1.82, 2.24) is 0 Å². The molecule has 0 N–H and O–H groups in total. The minimum atomic E-state index is 0.372. The lowest BCUT2D eigenvalue weighted by atomic mass is 9.79. The summed E-state index contributed by atoms with van der Waals surface area (Å²) >= 11 is 4.73. The molecule has 0 saturated heterocycles. The highest BCUT2D eigenvalue weighted by Crippen LogP contribution is 2.37. The molecule has 0 radical (unpaired) electrons. The molecule has 0 aromatic heterocycles. The van der Waals surface area contributed by atoms with Crippen LogP contribution in [0.3, 0.4) is 0 Å². The van der Waals surface area contributed by atoms with Gasteiger partial charge < -0.3 is 4.90 Å². The summed E-state index contributed by atoms with van der Waals surface area (Å²) < 4.78 is 0. The van der Waals surface area contributed by atoms with Crippen molar-refractivity contribution in [3.8, 4) is 0 Å². The summed E-state index contributed by atoms with van der Waals surface area (Å²) in [6.07, 6.45) is 6.31. The molecule has 1 heterocycles.